The predicted octanol–water partition coefficient (Wildman–Crippen LogP) is 2.91. The number of ether oxygens (including phenoxy) is 3. The van der Waals surface area contributed by atoms with Crippen molar-refractivity contribution in [3.05, 3.63) is 23.8 Å². The van der Waals surface area contributed by atoms with Gasteiger partial charge in [0.25, 0.3) is 0 Å². The smallest absolute Gasteiger partial charge is 0.220 e. The van der Waals surface area contributed by atoms with Crippen molar-refractivity contribution < 1.29 is 24.1 Å². The molecule has 0 radical (unpaired) electrons. The minimum Gasteiger partial charge on any atom is -0.486 e. The van der Waals surface area contributed by atoms with Crippen molar-refractivity contribution in [2.45, 2.75) is 58.1 Å². The van der Waals surface area contributed by atoms with Crippen LogP contribution in [0.4, 0.5) is 0 Å². The number of likely N-dealkylation sites (tertiary alicyclic amines) is 1. The lowest BCUT2D eigenvalue weighted by Crippen LogP contribution is -2.46. The fraction of sp³-hybridized carbons (Fsp3) is 0.708. The zero-order chi connectivity index (χ0) is 20.8. The maximum atomic E-state index is 12.7. The number of aliphatic hydroxyl groups excluding tert-OH is 1. The second kappa shape index (κ2) is 11.7. The van der Waals surface area contributed by atoms with Gasteiger partial charge in [0, 0.05) is 26.2 Å². The molecule has 2 saturated heterocycles. The number of hydrogen-bond donors (Lipinski definition) is 2. The van der Waals surface area contributed by atoms with Gasteiger partial charge in [0.2, 0.25) is 5.91 Å². The van der Waals surface area contributed by atoms with Crippen LogP contribution in [0.3, 0.4) is 0 Å². The van der Waals surface area contributed by atoms with E-state index in [1.54, 1.807) is 0 Å². The van der Waals surface area contributed by atoms with Crippen molar-refractivity contribution in [2.24, 2.45) is 5.92 Å². The monoisotopic (exact) mass is 434 g/mol. The van der Waals surface area contributed by atoms with Gasteiger partial charge in [-0.05, 0) is 68.8 Å². The summed E-state index contributed by atoms with van der Waals surface area (Å²) in [6.07, 6.45) is 4.98. The van der Waals surface area contributed by atoms with Crippen molar-refractivity contribution in [1.82, 2.24) is 10.2 Å². The average molecular weight is 435 g/mol. The molecular formula is C24H38N2O5. The molecule has 1 aromatic carbocycles. The van der Waals surface area contributed by atoms with Crippen LogP contribution in [0.2, 0.25) is 0 Å². The molecule has 7 heteroatoms. The summed E-state index contributed by atoms with van der Waals surface area (Å²) in [4.78, 5) is 15.0. The number of hydrogen-bond acceptors (Lipinski definition) is 6. The third-order valence-corrected chi connectivity index (χ3v) is 6.41. The Morgan fingerprint density at radius 1 is 1.10 bits per heavy atom. The SMILES string of the molecule is C.O=C(CCC1CCOCC1)N[C@H](CN1CCCC1)[C@H](O)c1ccc2c(c1)OCCO2. The van der Waals surface area contributed by atoms with Crippen LogP contribution in [0.25, 0.3) is 0 Å². The van der Waals surface area contributed by atoms with Crippen molar-refractivity contribution in [3.8, 4) is 11.5 Å². The Morgan fingerprint density at radius 3 is 2.55 bits per heavy atom. The molecule has 0 aromatic heterocycles. The minimum absolute atomic E-state index is 0. The topological polar surface area (TPSA) is 80.3 Å². The number of nitrogens with one attached hydrogen (secondary N) is 1. The molecule has 0 unspecified atom stereocenters. The summed E-state index contributed by atoms with van der Waals surface area (Å²) in [6, 6.07) is 5.19. The van der Waals surface area contributed by atoms with E-state index in [9.17, 15) is 9.90 Å². The molecule has 2 N–H and O–H groups in total. The van der Waals surface area contributed by atoms with Crippen LogP contribution in [0.5, 0.6) is 11.5 Å². The van der Waals surface area contributed by atoms with Crippen LogP contribution in [-0.2, 0) is 9.53 Å². The van der Waals surface area contributed by atoms with Gasteiger partial charge in [-0.2, -0.15) is 0 Å². The number of carbonyl (C=O) groups excluding carboxylic acids is 1. The Morgan fingerprint density at radius 2 is 1.81 bits per heavy atom. The highest BCUT2D eigenvalue weighted by molar-refractivity contribution is 5.76. The molecule has 2 atom stereocenters. The number of nitrogens with zero attached hydrogens (tertiary/aromatic N) is 1. The van der Waals surface area contributed by atoms with Gasteiger partial charge >= 0.3 is 0 Å². The number of aliphatic hydroxyl groups is 1. The third-order valence-electron chi connectivity index (χ3n) is 6.41. The van der Waals surface area contributed by atoms with Crippen molar-refractivity contribution in [1.29, 1.82) is 0 Å². The highest BCUT2D eigenvalue weighted by atomic mass is 16.6. The summed E-state index contributed by atoms with van der Waals surface area (Å²) < 4.78 is 16.7. The molecule has 0 aliphatic carbocycles. The fourth-order valence-corrected chi connectivity index (χ4v) is 4.59. The van der Waals surface area contributed by atoms with E-state index >= 15 is 0 Å². The first-order valence-corrected chi connectivity index (χ1v) is 11.4. The summed E-state index contributed by atoms with van der Waals surface area (Å²) in [5.74, 6) is 1.93. The molecule has 4 rings (SSSR count). The molecule has 0 bridgehead atoms. The van der Waals surface area contributed by atoms with Crippen molar-refractivity contribution in [2.75, 3.05) is 46.1 Å². The maximum absolute atomic E-state index is 12.7. The molecule has 3 aliphatic rings. The third kappa shape index (κ3) is 6.57. The van der Waals surface area contributed by atoms with E-state index in [4.69, 9.17) is 14.2 Å². The van der Waals surface area contributed by atoms with E-state index in [2.05, 4.69) is 10.2 Å². The van der Waals surface area contributed by atoms with Gasteiger partial charge in [-0.3, -0.25) is 4.79 Å². The Hall–Kier alpha value is -1.83. The van der Waals surface area contributed by atoms with Crippen LogP contribution in [0.1, 0.15) is 57.6 Å². The normalized spacial score (nSPS) is 21.2. The van der Waals surface area contributed by atoms with Gasteiger partial charge in [-0.25, -0.2) is 0 Å². The Kier molecular flexibility index (Phi) is 8.99. The molecule has 0 spiro atoms. The van der Waals surface area contributed by atoms with Gasteiger partial charge in [0.05, 0.1) is 6.04 Å². The molecule has 174 valence electrons. The first kappa shape index (κ1) is 23.8. The summed E-state index contributed by atoms with van der Waals surface area (Å²) in [7, 11) is 0. The van der Waals surface area contributed by atoms with Crippen LogP contribution in [0, 0.1) is 5.92 Å². The van der Waals surface area contributed by atoms with Crippen LogP contribution in [0.15, 0.2) is 18.2 Å². The first-order valence-electron chi connectivity index (χ1n) is 11.4. The largest absolute Gasteiger partial charge is 0.486 e. The van der Waals surface area contributed by atoms with E-state index in [0.29, 0.717) is 43.6 Å². The predicted molar refractivity (Wildman–Crippen MR) is 120 cm³/mol. The highest BCUT2D eigenvalue weighted by Gasteiger charge is 2.28. The molecule has 1 amide bonds. The van der Waals surface area contributed by atoms with Crippen molar-refractivity contribution >= 4 is 5.91 Å². The van der Waals surface area contributed by atoms with E-state index in [0.717, 1.165) is 51.1 Å². The molecule has 7 nitrogen and oxygen atoms in total. The number of rotatable bonds is 8. The van der Waals surface area contributed by atoms with E-state index in [1.165, 1.54) is 12.8 Å². The Bertz CT molecular complexity index is 701. The quantitative estimate of drug-likeness (QED) is 0.655. The molecular weight excluding hydrogens is 396 g/mol. The molecule has 31 heavy (non-hydrogen) atoms. The minimum atomic E-state index is -0.798. The zero-order valence-electron chi connectivity index (χ0n) is 17.7. The summed E-state index contributed by atoms with van der Waals surface area (Å²) in [5.41, 5.74) is 0.744. The Balaban J connectivity index is 0.00000272. The second-order valence-electron chi connectivity index (χ2n) is 8.62. The average Bonchev–Trinajstić information content (AvgIpc) is 3.30. The van der Waals surface area contributed by atoms with Crippen LogP contribution >= 0.6 is 0 Å². The van der Waals surface area contributed by atoms with E-state index in [1.807, 2.05) is 18.2 Å². The lowest BCUT2D eigenvalue weighted by atomic mass is 9.94. The first-order chi connectivity index (χ1) is 14.7. The molecule has 2 fully saturated rings. The Labute approximate surface area is 186 Å². The van der Waals surface area contributed by atoms with Crippen LogP contribution < -0.4 is 14.8 Å². The van der Waals surface area contributed by atoms with Crippen molar-refractivity contribution in [3.63, 3.8) is 0 Å². The van der Waals surface area contributed by atoms with Gasteiger partial charge in [0.15, 0.2) is 11.5 Å². The van der Waals surface area contributed by atoms with Gasteiger partial charge in [0.1, 0.15) is 19.3 Å². The van der Waals surface area contributed by atoms with Gasteiger partial charge < -0.3 is 29.5 Å². The summed E-state index contributed by atoms with van der Waals surface area (Å²) in [6.45, 7) is 5.32. The number of fused-ring (bicyclic) bond motifs is 1. The lowest BCUT2D eigenvalue weighted by Gasteiger charge is -2.30. The van der Waals surface area contributed by atoms with Crippen LogP contribution in [-0.4, -0.2) is 68.0 Å². The summed E-state index contributed by atoms with van der Waals surface area (Å²) >= 11 is 0. The molecule has 0 saturated carbocycles. The fourth-order valence-electron chi connectivity index (χ4n) is 4.59. The molecule has 3 aliphatic heterocycles. The maximum Gasteiger partial charge on any atom is 0.220 e. The molecule has 1 aromatic rings. The lowest BCUT2D eigenvalue weighted by molar-refractivity contribution is -0.123. The number of amides is 1. The zero-order valence-corrected chi connectivity index (χ0v) is 17.7. The van der Waals surface area contributed by atoms with Gasteiger partial charge in [-0.15, -0.1) is 0 Å². The standard InChI is InChI=1S/C23H34N2O5.CH4/c26-22(6-3-17-7-11-28-12-8-17)24-19(16-25-9-1-2-10-25)23(27)18-4-5-20-21(15-18)30-14-13-29-20;/h4-5,15,17,19,23,27H,1-3,6-14,16H2,(H,24,26);1H4/t19-,23-;/m1./s1. The molecule has 3 heterocycles. The van der Waals surface area contributed by atoms with E-state index < -0.39 is 6.10 Å². The highest BCUT2D eigenvalue weighted by Crippen LogP contribution is 2.33. The van der Waals surface area contributed by atoms with E-state index in [-0.39, 0.29) is 19.4 Å². The van der Waals surface area contributed by atoms with Gasteiger partial charge in [-0.1, -0.05) is 13.5 Å². The second-order valence-corrected chi connectivity index (χ2v) is 8.62. The number of benzene rings is 1. The number of carbonyl (C=O) groups is 1. The summed E-state index contributed by atoms with van der Waals surface area (Å²) in [5, 5.41) is 14.3.